The Hall–Kier alpha value is -5.05. The predicted octanol–water partition coefficient (Wildman–Crippen LogP) is 6.92. The third kappa shape index (κ3) is 5.68. The minimum Gasteiger partial charge on any atom is -0.494 e. The van der Waals surface area contributed by atoms with Crippen molar-refractivity contribution in [2.45, 2.75) is 13.3 Å². The summed E-state index contributed by atoms with van der Waals surface area (Å²) in [5, 5.41) is 9.69. The van der Waals surface area contributed by atoms with E-state index in [1.807, 2.05) is 66.7 Å². The Morgan fingerprint density at radius 3 is 1.50 bits per heavy atom. The molecule has 0 bridgehead atoms. The van der Waals surface area contributed by atoms with Crippen molar-refractivity contribution in [1.29, 1.82) is 0 Å². The molecule has 2 heterocycles. The number of nitrogens with one attached hydrogen (secondary N) is 4. The Bertz CT molecular complexity index is 1660. The van der Waals surface area contributed by atoms with Crippen molar-refractivity contribution in [3.05, 3.63) is 72.8 Å². The molecule has 0 unspecified atom stereocenters. The van der Waals surface area contributed by atoms with E-state index in [1.54, 1.807) is 0 Å². The first-order valence-electron chi connectivity index (χ1n) is 13.0. The van der Waals surface area contributed by atoms with Gasteiger partial charge in [0, 0.05) is 56.1 Å². The van der Waals surface area contributed by atoms with Crippen LogP contribution >= 0.6 is 0 Å². The number of hydrogen-bond donors (Lipinski definition) is 4. The maximum atomic E-state index is 12.1. The number of ether oxygens (including phenoxy) is 2. The van der Waals surface area contributed by atoms with Crippen LogP contribution in [0.15, 0.2) is 72.8 Å². The number of amides is 2. The number of hydrogen-bond acceptors (Lipinski definition) is 4. The van der Waals surface area contributed by atoms with Gasteiger partial charge in [-0.25, -0.2) is 4.39 Å². The van der Waals surface area contributed by atoms with Crippen LogP contribution in [0.5, 0.6) is 11.5 Å². The van der Waals surface area contributed by atoms with Crippen LogP contribution in [0.1, 0.15) is 13.3 Å². The summed E-state index contributed by atoms with van der Waals surface area (Å²) in [5.74, 6) is 1.50. The Kier molecular flexibility index (Phi) is 8.10. The molecule has 2 aromatic heterocycles. The van der Waals surface area contributed by atoms with E-state index >= 15 is 0 Å². The number of H-pyrrole nitrogens is 2. The number of alkyl halides is 1. The number of benzene rings is 4. The molecule has 4 aromatic carbocycles. The van der Waals surface area contributed by atoms with Gasteiger partial charge in [-0.1, -0.05) is 19.1 Å². The van der Waals surface area contributed by atoms with Crippen LogP contribution in [0, 0.1) is 0 Å². The first-order valence-corrected chi connectivity index (χ1v) is 13.0. The van der Waals surface area contributed by atoms with Gasteiger partial charge in [0.15, 0.2) is 0 Å². The van der Waals surface area contributed by atoms with Crippen LogP contribution in [-0.2, 0) is 9.59 Å². The number of fused-ring (bicyclic) bond motifs is 6. The zero-order valence-electron chi connectivity index (χ0n) is 21.9. The van der Waals surface area contributed by atoms with Gasteiger partial charge in [-0.3, -0.25) is 9.59 Å². The second kappa shape index (κ2) is 12.2. The van der Waals surface area contributed by atoms with Gasteiger partial charge in [-0.05, 0) is 55.0 Å². The van der Waals surface area contributed by atoms with Crippen LogP contribution in [0.4, 0.5) is 15.8 Å². The summed E-state index contributed by atoms with van der Waals surface area (Å²) in [6.45, 7) is 2.35. The SMILES string of the molecule is CCCOc1ccc2c(c1)[nH]c1cc(NC=O)ccc12.O=CNc1ccc2c(c1)[nH]c1cc(OCC[18F])ccc12. The Morgan fingerprint density at radius 2 is 1.07 bits per heavy atom. The Labute approximate surface area is 229 Å². The van der Waals surface area contributed by atoms with Crippen molar-refractivity contribution in [2.24, 2.45) is 0 Å². The molecule has 0 fully saturated rings. The molecule has 0 atom stereocenters. The number of carbonyl (C=O) groups excluding carboxylic acids is 2. The average Bonchev–Trinajstić information content (AvgIpc) is 3.52. The summed E-state index contributed by atoms with van der Waals surface area (Å²) < 4.78 is 23.0. The van der Waals surface area contributed by atoms with E-state index in [1.165, 1.54) is 0 Å². The smallest absolute Gasteiger partial charge is 0.211 e. The predicted molar refractivity (Wildman–Crippen MR) is 158 cm³/mol. The second-order valence-electron chi connectivity index (χ2n) is 9.10. The average molecular weight is 540 g/mol. The molecule has 0 spiro atoms. The number of halogens is 1. The van der Waals surface area contributed by atoms with Gasteiger partial charge >= 0.3 is 0 Å². The van der Waals surface area contributed by atoms with Gasteiger partial charge in [0.25, 0.3) is 0 Å². The normalized spacial score (nSPS) is 10.8. The molecule has 0 saturated carbocycles. The summed E-state index contributed by atoms with van der Waals surface area (Å²) in [5.41, 5.74) is 5.39. The molecule has 2 amide bonds. The summed E-state index contributed by atoms with van der Waals surface area (Å²) in [4.78, 5) is 27.6. The molecule has 9 heteroatoms. The maximum absolute atomic E-state index is 12.1. The molecule has 4 N–H and O–H groups in total. The number of rotatable bonds is 10. The lowest BCUT2D eigenvalue weighted by molar-refractivity contribution is -0.106. The van der Waals surface area contributed by atoms with Crippen molar-refractivity contribution < 1.29 is 23.5 Å². The third-order valence-electron chi connectivity index (χ3n) is 6.41. The zero-order chi connectivity index (χ0) is 27.9. The van der Waals surface area contributed by atoms with Gasteiger partial charge in [0.1, 0.15) is 24.8 Å². The van der Waals surface area contributed by atoms with Crippen LogP contribution in [0.3, 0.4) is 0 Å². The van der Waals surface area contributed by atoms with Gasteiger partial charge in [-0.15, -0.1) is 0 Å². The van der Waals surface area contributed by atoms with Crippen LogP contribution in [0.2, 0.25) is 0 Å². The van der Waals surface area contributed by atoms with Crippen molar-refractivity contribution in [3.8, 4) is 11.5 Å². The van der Waals surface area contributed by atoms with Crippen molar-refractivity contribution >= 4 is 67.8 Å². The lowest BCUT2D eigenvalue weighted by Gasteiger charge is -2.03. The summed E-state index contributed by atoms with van der Waals surface area (Å²) in [6, 6.07) is 23.2. The number of aromatic amines is 2. The molecule has 0 aliphatic carbocycles. The van der Waals surface area contributed by atoms with Gasteiger partial charge < -0.3 is 30.1 Å². The first kappa shape index (κ1) is 26.6. The molecule has 0 aliphatic heterocycles. The molecule has 0 radical (unpaired) electrons. The summed E-state index contributed by atoms with van der Waals surface area (Å²) >= 11 is 0. The fourth-order valence-electron chi connectivity index (χ4n) is 4.65. The van der Waals surface area contributed by atoms with Crippen molar-refractivity contribution in [2.75, 3.05) is 30.5 Å². The quantitative estimate of drug-likeness (QED) is 0.142. The largest absolute Gasteiger partial charge is 0.494 e. The van der Waals surface area contributed by atoms with Crippen LogP contribution < -0.4 is 20.1 Å². The third-order valence-corrected chi connectivity index (χ3v) is 6.41. The van der Waals surface area contributed by atoms with E-state index in [-0.39, 0.29) is 6.61 Å². The van der Waals surface area contributed by atoms with E-state index in [9.17, 15) is 14.0 Å². The van der Waals surface area contributed by atoms with Crippen LogP contribution in [-0.4, -0.2) is 42.7 Å². The number of aromatic nitrogens is 2. The standard InChI is InChI=1S/C16H16N2O2.C15H13FN2O2/c1-2-7-20-12-4-6-14-13-5-3-11(17-10-19)8-15(13)18-16(14)9-12;16-5-6-20-11-2-4-13-12-3-1-10(17-9-19)7-14(12)18-15(13)8-11/h3-6,8-10,18H,2,7H2,1H3,(H,17,19);1-4,7-9,18H,5-6H2,(H,17,19)/i;16-1. The molecule has 40 heavy (non-hydrogen) atoms. The second-order valence-corrected chi connectivity index (χ2v) is 9.10. The number of anilines is 2. The summed E-state index contributed by atoms with van der Waals surface area (Å²) in [6.07, 6.45) is 2.32. The van der Waals surface area contributed by atoms with Crippen LogP contribution in [0.25, 0.3) is 43.6 Å². The highest BCUT2D eigenvalue weighted by Crippen LogP contribution is 2.31. The molecule has 0 aliphatic rings. The molecular formula is C31H29FN4O4. The molecule has 6 aromatic rings. The monoisotopic (exact) mass is 539 g/mol. The van der Waals surface area contributed by atoms with Crippen molar-refractivity contribution in [1.82, 2.24) is 9.97 Å². The zero-order valence-corrected chi connectivity index (χ0v) is 21.9. The summed E-state index contributed by atoms with van der Waals surface area (Å²) in [7, 11) is 0. The molecule has 6 rings (SSSR count). The minimum absolute atomic E-state index is 0.0547. The molecule has 0 saturated heterocycles. The van der Waals surface area contributed by atoms with E-state index in [4.69, 9.17) is 9.47 Å². The van der Waals surface area contributed by atoms with E-state index in [0.29, 0.717) is 18.6 Å². The highest BCUT2D eigenvalue weighted by molar-refractivity contribution is 6.09. The lowest BCUT2D eigenvalue weighted by Crippen LogP contribution is -1.98. The minimum atomic E-state index is -0.508. The maximum Gasteiger partial charge on any atom is 0.211 e. The molecular weight excluding hydrogens is 510 g/mol. The van der Waals surface area contributed by atoms with E-state index in [0.717, 1.165) is 73.8 Å². The first-order chi connectivity index (χ1) is 19.6. The fraction of sp³-hybridized carbons (Fsp3) is 0.161. The topological polar surface area (TPSA) is 108 Å². The molecule has 8 nitrogen and oxygen atoms in total. The van der Waals surface area contributed by atoms with Gasteiger partial charge in [-0.2, -0.15) is 0 Å². The molecule has 204 valence electrons. The fourth-order valence-corrected chi connectivity index (χ4v) is 4.65. The highest BCUT2D eigenvalue weighted by Gasteiger charge is 2.08. The highest BCUT2D eigenvalue weighted by atomic mass is 18.2. The van der Waals surface area contributed by atoms with Gasteiger partial charge in [0.05, 0.1) is 17.6 Å². The Morgan fingerprint density at radius 1 is 0.650 bits per heavy atom. The van der Waals surface area contributed by atoms with Crippen molar-refractivity contribution in [3.63, 3.8) is 0 Å². The number of carbonyl (C=O) groups is 2. The lowest BCUT2D eigenvalue weighted by atomic mass is 10.1. The Balaban J connectivity index is 0.000000161. The van der Waals surface area contributed by atoms with E-state index < -0.39 is 6.67 Å². The van der Waals surface area contributed by atoms with Gasteiger partial charge in [0.2, 0.25) is 12.8 Å². The van der Waals surface area contributed by atoms with E-state index in [2.05, 4.69) is 33.6 Å².